The predicted octanol–water partition coefficient (Wildman–Crippen LogP) is 2.26. The fourth-order valence-corrected chi connectivity index (χ4v) is 1.91. The molecule has 0 bridgehead atoms. The quantitative estimate of drug-likeness (QED) is 0.726. The van der Waals surface area contributed by atoms with E-state index in [1.54, 1.807) is 0 Å². The van der Waals surface area contributed by atoms with Crippen molar-refractivity contribution in [2.75, 3.05) is 0 Å². The highest BCUT2D eigenvalue weighted by molar-refractivity contribution is 5.87. The van der Waals surface area contributed by atoms with E-state index in [-0.39, 0.29) is 5.78 Å². The summed E-state index contributed by atoms with van der Waals surface area (Å²) in [5.41, 5.74) is 5.31. The van der Waals surface area contributed by atoms with E-state index in [0.29, 0.717) is 12.3 Å². The zero-order valence-electron chi connectivity index (χ0n) is 8.81. The molecular formula is C11H21NO. The highest BCUT2D eigenvalue weighted by Crippen LogP contribution is 2.29. The first-order valence-corrected chi connectivity index (χ1v) is 5.38. The van der Waals surface area contributed by atoms with Gasteiger partial charge in [-0.05, 0) is 19.3 Å². The zero-order chi connectivity index (χ0) is 9.90. The van der Waals surface area contributed by atoms with Crippen molar-refractivity contribution in [2.24, 2.45) is 11.7 Å². The van der Waals surface area contributed by atoms with Gasteiger partial charge in [0.15, 0.2) is 5.78 Å². The van der Waals surface area contributed by atoms with Crippen LogP contribution in [0.3, 0.4) is 0 Å². The van der Waals surface area contributed by atoms with Crippen molar-refractivity contribution in [1.29, 1.82) is 0 Å². The molecule has 0 aromatic rings. The van der Waals surface area contributed by atoms with Crippen LogP contribution in [0.4, 0.5) is 0 Å². The van der Waals surface area contributed by atoms with Gasteiger partial charge in [0, 0.05) is 6.42 Å². The lowest BCUT2D eigenvalue weighted by Crippen LogP contribution is -2.44. The molecule has 0 amide bonds. The maximum absolute atomic E-state index is 11.7. The third-order valence-corrected chi connectivity index (χ3v) is 3.32. The standard InChI is InChI=1S/C11H21NO/c1-3-11(2,12)10(13)8-9-6-4-5-7-9/h9H,3-8,12H2,1-2H3. The lowest BCUT2D eigenvalue weighted by atomic mass is 9.87. The first kappa shape index (κ1) is 10.7. The van der Waals surface area contributed by atoms with Crippen molar-refractivity contribution in [2.45, 2.75) is 57.9 Å². The van der Waals surface area contributed by atoms with Gasteiger partial charge in [-0.2, -0.15) is 0 Å². The van der Waals surface area contributed by atoms with Gasteiger partial charge in [0.05, 0.1) is 5.54 Å². The van der Waals surface area contributed by atoms with E-state index >= 15 is 0 Å². The largest absolute Gasteiger partial charge is 0.319 e. The summed E-state index contributed by atoms with van der Waals surface area (Å²) in [5, 5.41) is 0. The van der Waals surface area contributed by atoms with Crippen molar-refractivity contribution < 1.29 is 4.79 Å². The van der Waals surface area contributed by atoms with E-state index in [1.165, 1.54) is 25.7 Å². The number of ketones is 1. The lowest BCUT2D eigenvalue weighted by Gasteiger charge is -2.22. The van der Waals surface area contributed by atoms with Gasteiger partial charge < -0.3 is 5.73 Å². The monoisotopic (exact) mass is 183 g/mol. The van der Waals surface area contributed by atoms with Crippen LogP contribution in [0, 0.1) is 5.92 Å². The Morgan fingerprint density at radius 2 is 2.00 bits per heavy atom. The molecule has 0 aromatic heterocycles. The second kappa shape index (κ2) is 4.23. The maximum Gasteiger partial charge on any atom is 0.152 e. The minimum Gasteiger partial charge on any atom is -0.319 e. The molecule has 1 unspecified atom stereocenters. The topological polar surface area (TPSA) is 43.1 Å². The molecule has 0 aromatic carbocycles. The molecule has 1 fully saturated rings. The number of carbonyl (C=O) groups excluding carboxylic acids is 1. The number of hydrogen-bond acceptors (Lipinski definition) is 2. The maximum atomic E-state index is 11.7. The summed E-state index contributed by atoms with van der Waals surface area (Å²) in [4.78, 5) is 11.7. The summed E-state index contributed by atoms with van der Waals surface area (Å²) in [5.74, 6) is 0.879. The Morgan fingerprint density at radius 1 is 1.46 bits per heavy atom. The molecule has 0 heterocycles. The van der Waals surface area contributed by atoms with Crippen LogP contribution in [-0.4, -0.2) is 11.3 Å². The number of carbonyl (C=O) groups is 1. The molecule has 0 saturated heterocycles. The third kappa shape index (κ3) is 2.80. The van der Waals surface area contributed by atoms with Crippen LogP contribution in [0.1, 0.15) is 52.4 Å². The van der Waals surface area contributed by atoms with E-state index in [4.69, 9.17) is 5.73 Å². The van der Waals surface area contributed by atoms with Gasteiger partial charge in [0.2, 0.25) is 0 Å². The van der Waals surface area contributed by atoms with E-state index < -0.39 is 5.54 Å². The van der Waals surface area contributed by atoms with E-state index in [9.17, 15) is 4.79 Å². The third-order valence-electron chi connectivity index (χ3n) is 3.32. The molecule has 2 heteroatoms. The Kier molecular flexibility index (Phi) is 3.48. The van der Waals surface area contributed by atoms with Crippen LogP contribution in [0.2, 0.25) is 0 Å². The van der Waals surface area contributed by atoms with Crippen LogP contribution in [0.15, 0.2) is 0 Å². The van der Waals surface area contributed by atoms with Gasteiger partial charge in [-0.25, -0.2) is 0 Å². The number of Topliss-reactive ketones (excluding diaryl/α,β-unsaturated/α-hetero) is 1. The summed E-state index contributed by atoms with van der Waals surface area (Å²) in [6.45, 7) is 3.83. The highest BCUT2D eigenvalue weighted by atomic mass is 16.1. The van der Waals surface area contributed by atoms with Gasteiger partial charge in [-0.15, -0.1) is 0 Å². The number of hydrogen-bond donors (Lipinski definition) is 1. The Bertz CT molecular complexity index is 181. The van der Waals surface area contributed by atoms with E-state index in [0.717, 1.165) is 6.42 Å². The van der Waals surface area contributed by atoms with Gasteiger partial charge in [-0.3, -0.25) is 4.79 Å². The van der Waals surface area contributed by atoms with Crippen molar-refractivity contribution in [3.8, 4) is 0 Å². The summed E-state index contributed by atoms with van der Waals surface area (Å²) < 4.78 is 0. The SMILES string of the molecule is CCC(C)(N)C(=O)CC1CCCC1. The Labute approximate surface area is 80.9 Å². The molecule has 2 nitrogen and oxygen atoms in total. The molecule has 0 aliphatic heterocycles. The number of rotatable bonds is 4. The highest BCUT2D eigenvalue weighted by Gasteiger charge is 2.28. The normalized spacial score (nSPS) is 23.0. The van der Waals surface area contributed by atoms with Crippen molar-refractivity contribution >= 4 is 5.78 Å². The first-order chi connectivity index (χ1) is 6.06. The van der Waals surface area contributed by atoms with Crippen LogP contribution in [0.25, 0.3) is 0 Å². The molecular weight excluding hydrogens is 162 g/mol. The molecule has 0 spiro atoms. The van der Waals surface area contributed by atoms with Gasteiger partial charge >= 0.3 is 0 Å². The Balaban J connectivity index is 2.39. The average Bonchev–Trinajstić information content (AvgIpc) is 2.57. The fraction of sp³-hybridized carbons (Fsp3) is 0.909. The first-order valence-electron chi connectivity index (χ1n) is 5.38. The van der Waals surface area contributed by atoms with Gasteiger partial charge in [0.25, 0.3) is 0 Å². The second-order valence-electron chi connectivity index (χ2n) is 4.55. The summed E-state index contributed by atoms with van der Waals surface area (Å²) in [7, 11) is 0. The molecule has 1 saturated carbocycles. The van der Waals surface area contributed by atoms with Crippen LogP contribution in [0.5, 0.6) is 0 Å². The van der Waals surface area contributed by atoms with E-state index in [2.05, 4.69) is 0 Å². The molecule has 76 valence electrons. The van der Waals surface area contributed by atoms with Crippen LogP contribution >= 0.6 is 0 Å². The minimum absolute atomic E-state index is 0.252. The Morgan fingerprint density at radius 3 is 2.46 bits per heavy atom. The molecule has 1 aliphatic rings. The lowest BCUT2D eigenvalue weighted by molar-refractivity contribution is -0.124. The zero-order valence-corrected chi connectivity index (χ0v) is 8.81. The summed E-state index contributed by atoms with van der Waals surface area (Å²) >= 11 is 0. The van der Waals surface area contributed by atoms with E-state index in [1.807, 2.05) is 13.8 Å². The van der Waals surface area contributed by atoms with Crippen molar-refractivity contribution in [1.82, 2.24) is 0 Å². The van der Waals surface area contributed by atoms with Crippen molar-refractivity contribution in [3.05, 3.63) is 0 Å². The average molecular weight is 183 g/mol. The second-order valence-corrected chi connectivity index (χ2v) is 4.55. The smallest absolute Gasteiger partial charge is 0.152 e. The number of nitrogens with two attached hydrogens (primary N) is 1. The molecule has 13 heavy (non-hydrogen) atoms. The van der Waals surface area contributed by atoms with Crippen LogP contribution in [-0.2, 0) is 4.79 Å². The molecule has 1 aliphatic carbocycles. The molecule has 2 N–H and O–H groups in total. The van der Waals surface area contributed by atoms with Gasteiger partial charge in [-0.1, -0.05) is 32.6 Å². The minimum atomic E-state index is -0.581. The summed E-state index contributed by atoms with van der Waals surface area (Å²) in [6.07, 6.45) is 6.51. The predicted molar refractivity (Wildman–Crippen MR) is 54.5 cm³/mol. The molecule has 0 radical (unpaired) electrons. The van der Waals surface area contributed by atoms with Crippen molar-refractivity contribution in [3.63, 3.8) is 0 Å². The molecule has 1 atom stereocenters. The summed E-state index contributed by atoms with van der Waals surface area (Å²) in [6, 6.07) is 0. The van der Waals surface area contributed by atoms with Gasteiger partial charge in [0.1, 0.15) is 0 Å². The van der Waals surface area contributed by atoms with Crippen LogP contribution < -0.4 is 5.73 Å². The fourth-order valence-electron chi connectivity index (χ4n) is 1.91. The molecule has 1 rings (SSSR count). The Hall–Kier alpha value is -0.370.